The Hall–Kier alpha value is -1.33. The summed E-state index contributed by atoms with van der Waals surface area (Å²) < 4.78 is 13.3. The number of rotatable bonds is 5. The van der Waals surface area contributed by atoms with Crippen molar-refractivity contribution in [3.8, 4) is 0 Å². The van der Waals surface area contributed by atoms with Gasteiger partial charge in [-0.3, -0.25) is 4.98 Å². The average molecular weight is 265 g/mol. The minimum atomic E-state index is -0.317. The zero-order valence-electron chi connectivity index (χ0n) is 10.5. The van der Waals surface area contributed by atoms with Gasteiger partial charge in [0.15, 0.2) is 0 Å². The molecule has 0 spiro atoms. The number of hydrogen-bond donors (Lipinski definition) is 1. The Bertz CT molecular complexity index is 512. The highest BCUT2D eigenvalue weighted by Crippen LogP contribution is 2.23. The normalized spacial score (nSPS) is 12.6. The fourth-order valence-corrected chi connectivity index (χ4v) is 2.42. The molecule has 0 aliphatic rings. The maximum absolute atomic E-state index is 13.3. The molecule has 0 aliphatic heterocycles. The third kappa shape index (κ3) is 3.11. The first-order valence-corrected chi connectivity index (χ1v) is 6.84. The Morgan fingerprint density at radius 3 is 2.89 bits per heavy atom. The van der Waals surface area contributed by atoms with Gasteiger partial charge in [-0.15, -0.1) is 11.3 Å². The Labute approximate surface area is 110 Å². The van der Waals surface area contributed by atoms with Gasteiger partial charge in [-0.1, -0.05) is 6.92 Å². The van der Waals surface area contributed by atoms with Crippen LogP contribution in [-0.4, -0.2) is 16.5 Å². The SMILES string of the molecule is CCCNC(c1cncc(F)c1)c1csc(C)n1. The molecule has 2 heterocycles. The van der Waals surface area contributed by atoms with Gasteiger partial charge in [0, 0.05) is 11.6 Å². The monoisotopic (exact) mass is 265 g/mol. The lowest BCUT2D eigenvalue weighted by Crippen LogP contribution is -2.23. The van der Waals surface area contributed by atoms with Crippen LogP contribution >= 0.6 is 11.3 Å². The lowest BCUT2D eigenvalue weighted by Gasteiger charge is -2.16. The Morgan fingerprint density at radius 1 is 1.44 bits per heavy atom. The number of aryl methyl sites for hydroxylation is 1. The number of aromatic nitrogens is 2. The summed E-state index contributed by atoms with van der Waals surface area (Å²) in [4.78, 5) is 8.38. The third-order valence-corrected chi connectivity index (χ3v) is 3.38. The van der Waals surface area contributed by atoms with Crippen LogP contribution in [0.3, 0.4) is 0 Å². The van der Waals surface area contributed by atoms with Crippen LogP contribution in [0.5, 0.6) is 0 Å². The van der Waals surface area contributed by atoms with E-state index in [2.05, 4.69) is 22.2 Å². The van der Waals surface area contributed by atoms with E-state index in [-0.39, 0.29) is 11.9 Å². The number of pyridine rings is 1. The van der Waals surface area contributed by atoms with Crippen LogP contribution in [0.4, 0.5) is 4.39 Å². The average Bonchev–Trinajstić information content (AvgIpc) is 2.76. The van der Waals surface area contributed by atoms with Crippen LogP contribution in [0.2, 0.25) is 0 Å². The van der Waals surface area contributed by atoms with Crippen LogP contribution in [0, 0.1) is 12.7 Å². The van der Waals surface area contributed by atoms with E-state index in [1.54, 1.807) is 17.5 Å². The summed E-state index contributed by atoms with van der Waals surface area (Å²) in [6.07, 6.45) is 3.92. The highest BCUT2D eigenvalue weighted by Gasteiger charge is 2.16. The molecular formula is C13H16FN3S. The topological polar surface area (TPSA) is 37.8 Å². The molecule has 0 bridgehead atoms. The highest BCUT2D eigenvalue weighted by molar-refractivity contribution is 7.09. The first-order valence-electron chi connectivity index (χ1n) is 5.96. The molecule has 0 aliphatic carbocycles. The quantitative estimate of drug-likeness (QED) is 0.902. The van der Waals surface area contributed by atoms with Gasteiger partial charge in [0.05, 0.1) is 22.9 Å². The summed E-state index contributed by atoms with van der Waals surface area (Å²) in [6, 6.07) is 1.42. The molecule has 96 valence electrons. The Balaban J connectivity index is 2.30. The molecule has 2 aromatic heterocycles. The maximum atomic E-state index is 13.3. The van der Waals surface area contributed by atoms with E-state index < -0.39 is 0 Å². The van der Waals surface area contributed by atoms with Crippen molar-refractivity contribution in [2.45, 2.75) is 26.3 Å². The molecule has 0 aromatic carbocycles. The lowest BCUT2D eigenvalue weighted by atomic mass is 10.1. The molecule has 0 fully saturated rings. The van der Waals surface area contributed by atoms with E-state index in [0.717, 1.165) is 29.2 Å². The molecule has 1 N–H and O–H groups in total. The molecule has 2 aromatic rings. The van der Waals surface area contributed by atoms with Crippen molar-refractivity contribution in [1.82, 2.24) is 15.3 Å². The van der Waals surface area contributed by atoms with Gasteiger partial charge >= 0.3 is 0 Å². The number of thiazole rings is 1. The minimum absolute atomic E-state index is 0.0851. The molecule has 18 heavy (non-hydrogen) atoms. The maximum Gasteiger partial charge on any atom is 0.141 e. The van der Waals surface area contributed by atoms with Crippen molar-refractivity contribution >= 4 is 11.3 Å². The predicted molar refractivity (Wildman–Crippen MR) is 71.2 cm³/mol. The number of nitrogens with zero attached hydrogens (tertiary/aromatic N) is 2. The molecule has 2 rings (SSSR count). The minimum Gasteiger partial charge on any atom is -0.305 e. The summed E-state index contributed by atoms with van der Waals surface area (Å²) >= 11 is 1.60. The van der Waals surface area contributed by atoms with Gasteiger partial charge in [-0.05, 0) is 31.5 Å². The molecular weight excluding hydrogens is 249 g/mol. The second-order valence-corrected chi connectivity index (χ2v) is 5.18. The third-order valence-electron chi connectivity index (χ3n) is 2.59. The van der Waals surface area contributed by atoms with Crippen molar-refractivity contribution in [1.29, 1.82) is 0 Å². The zero-order chi connectivity index (χ0) is 13.0. The predicted octanol–water partition coefficient (Wildman–Crippen LogP) is 3.07. The van der Waals surface area contributed by atoms with Gasteiger partial charge in [-0.25, -0.2) is 9.37 Å². The van der Waals surface area contributed by atoms with Crippen LogP contribution in [0.15, 0.2) is 23.8 Å². The van der Waals surface area contributed by atoms with Crippen LogP contribution < -0.4 is 5.32 Å². The van der Waals surface area contributed by atoms with E-state index in [0.29, 0.717) is 0 Å². The molecule has 0 saturated carbocycles. The number of hydrogen-bond acceptors (Lipinski definition) is 4. The number of nitrogens with one attached hydrogen (secondary N) is 1. The van der Waals surface area contributed by atoms with Crippen LogP contribution in [-0.2, 0) is 0 Å². The van der Waals surface area contributed by atoms with Gasteiger partial charge in [0.1, 0.15) is 5.82 Å². The lowest BCUT2D eigenvalue weighted by molar-refractivity contribution is 0.573. The number of halogens is 1. The van der Waals surface area contributed by atoms with Gasteiger partial charge < -0.3 is 5.32 Å². The molecule has 0 radical (unpaired) electrons. The van der Waals surface area contributed by atoms with E-state index >= 15 is 0 Å². The second kappa shape index (κ2) is 6.02. The smallest absolute Gasteiger partial charge is 0.141 e. The molecule has 1 atom stereocenters. The zero-order valence-corrected chi connectivity index (χ0v) is 11.3. The second-order valence-electron chi connectivity index (χ2n) is 4.12. The molecule has 0 saturated heterocycles. The molecule has 0 amide bonds. The van der Waals surface area contributed by atoms with Gasteiger partial charge in [-0.2, -0.15) is 0 Å². The van der Waals surface area contributed by atoms with E-state index in [1.165, 1.54) is 12.3 Å². The van der Waals surface area contributed by atoms with Crippen molar-refractivity contribution < 1.29 is 4.39 Å². The fourth-order valence-electron chi connectivity index (χ4n) is 1.78. The summed E-state index contributed by atoms with van der Waals surface area (Å²) in [5.41, 5.74) is 1.74. The van der Waals surface area contributed by atoms with Crippen LogP contribution in [0.25, 0.3) is 0 Å². The molecule has 1 unspecified atom stereocenters. The summed E-state index contributed by atoms with van der Waals surface area (Å²) in [5.74, 6) is -0.317. The summed E-state index contributed by atoms with van der Waals surface area (Å²) in [7, 11) is 0. The Morgan fingerprint density at radius 2 is 2.28 bits per heavy atom. The van der Waals surface area contributed by atoms with Crippen molar-refractivity contribution in [2.75, 3.05) is 6.54 Å². The van der Waals surface area contributed by atoms with Gasteiger partial charge in [0.2, 0.25) is 0 Å². The first kappa shape index (κ1) is 13.1. The van der Waals surface area contributed by atoms with Gasteiger partial charge in [0.25, 0.3) is 0 Å². The molecule has 5 heteroatoms. The fraction of sp³-hybridized carbons (Fsp3) is 0.385. The first-order chi connectivity index (χ1) is 8.70. The molecule has 3 nitrogen and oxygen atoms in total. The van der Waals surface area contributed by atoms with E-state index in [1.807, 2.05) is 12.3 Å². The van der Waals surface area contributed by atoms with Crippen molar-refractivity contribution in [3.63, 3.8) is 0 Å². The van der Waals surface area contributed by atoms with Crippen LogP contribution in [0.1, 0.15) is 35.7 Å². The Kier molecular flexibility index (Phi) is 4.38. The summed E-state index contributed by atoms with van der Waals surface area (Å²) in [5, 5.41) is 6.40. The summed E-state index contributed by atoms with van der Waals surface area (Å²) in [6.45, 7) is 4.92. The van der Waals surface area contributed by atoms with E-state index in [4.69, 9.17) is 0 Å². The highest BCUT2D eigenvalue weighted by atomic mass is 32.1. The van der Waals surface area contributed by atoms with Crippen molar-refractivity contribution in [3.05, 3.63) is 45.9 Å². The largest absolute Gasteiger partial charge is 0.305 e. The van der Waals surface area contributed by atoms with Crippen molar-refractivity contribution in [2.24, 2.45) is 0 Å². The standard InChI is InChI=1S/C13H16FN3S/c1-3-4-16-13(12-8-18-9(2)17-12)10-5-11(14)7-15-6-10/h5-8,13,16H,3-4H2,1-2H3. The van der Waals surface area contributed by atoms with E-state index in [9.17, 15) is 4.39 Å².